The SMILES string of the molecule is CC(C)CCC[C@@H](C)[C@H]1CCC2C3CC=C4CC(N(CCN(C)C)C(=O)O)CC[C@]4(C)C3CC[C@@]21C. The first kappa shape index (κ1) is 28.0. The van der Waals surface area contributed by atoms with E-state index in [0.717, 1.165) is 61.3 Å². The van der Waals surface area contributed by atoms with E-state index in [0.29, 0.717) is 12.0 Å². The van der Waals surface area contributed by atoms with E-state index in [9.17, 15) is 9.90 Å². The highest BCUT2D eigenvalue weighted by Gasteiger charge is 2.59. The van der Waals surface area contributed by atoms with Gasteiger partial charge in [0, 0.05) is 19.1 Å². The molecule has 0 spiro atoms. The summed E-state index contributed by atoms with van der Waals surface area (Å²) in [7, 11) is 4.05. The summed E-state index contributed by atoms with van der Waals surface area (Å²) in [5, 5.41) is 9.96. The van der Waals surface area contributed by atoms with Gasteiger partial charge in [-0.1, -0.05) is 65.5 Å². The number of carbonyl (C=O) groups is 1. The number of rotatable bonds is 9. The Balaban J connectivity index is 1.46. The molecular formula is C32H56N2O2. The molecule has 4 unspecified atom stereocenters. The molecule has 1 amide bonds. The molecular weight excluding hydrogens is 444 g/mol. The number of nitrogens with zero attached hydrogens (tertiary/aromatic N) is 2. The van der Waals surface area contributed by atoms with Crippen LogP contribution in [0.5, 0.6) is 0 Å². The lowest BCUT2D eigenvalue weighted by Gasteiger charge is -2.59. The summed E-state index contributed by atoms with van der Waals surface area (Å²) in [5.74, 6) is 5.12. The molecule has 4 aliphatic carbocycles. The topological polar surface area (TPSA) is 43.8 Å². The second-order valence-corrected chi connectivity index (χ2v) is 14.5. The molecule has 0 saturated heterocycles. The summed E-state index contributed by atoms with van der Waals surface area (Å²) in [6, 6.07) is 0.148. The maximum absolute atomic E-state index is 12.1. The molecule has 4 aliphatic rings. The molecule has 0 radical (unpaired) electrons. The minimum absolute atomic E-state index is 0.148. The van der Waals surface area contributed by atoms with Gasteiger partial charge in [0.1, 0.15) is 0 Å². The van der Waals surface area contributed by atoms with Crippen molar-refractivity contribution in [3.05, 3.63) is 11.6 Å². The Morgan fingerprint density at radius 1 is 1.03 bits per heavy atom. The zero-order valence-corrected chi connectivity index (χ0v) is 24.6. The molecule has 4 nitrogen and oxygen atoms in total. The summed E-state index contributed by atoms with van der Waals surface area (Å²) in [5.41, 5.74) is 2.41. The fourth-order valence-corrected chi connectivity index (χ4v) is 9.67. The second kappa shape index (κ2) is 11.0. The predicted octanol–water partition coefficient (Wildman–Crippen LogP) is 7.94. The van der Waals surface area contributed by atoms with Crippen LogP contribution in [0.15, 0.2) is 11.6 Å². The monoisotopic (exact) mass is 500 g/mol. The highest BCUT2D eigenvalue weighted by atomic mass is 16.4. The third-order valence-corrected chi connectivity index (χ3v) is 11.8. The van der Waals surface area contributed by atoms with Crippen molar-refractivity contribution in [3.63, 3.8) is 0 Å². The van der Waals surface area contributed by atoms with E-state index in [1.54, 1.807) is 10.5 Å². The van der Waals surface area contributed by atoms with E-state index >= 15 is 0 Å². The first-order valence-electron chi connectivity index (χ1n) is 15.3. The summed E-state index contributed by atoms with van der Waals surface area (Å²) >= 11 is 0. The highest BCUT2D eigenvalue weighted by Crippen LogP contribution is 2.67. The van der Waals surface area contributed by atoms with Gasteiger partial charge in [-0.15, -0.1) is 0 Å². The second-order valence-electron chi connectivity index (χ2n) is 14.5. The Kier molecular flexibility index (Phi) is 8.54. The molecule has 0 aromatic carbocycles. The number of likely N-dealkylation sites (N-methyl/N-ethyl adjacent to an activating group) is 1. The van der Waals surface area contributed by atoms with Gasteiger partial charge >= 0.3 is 6.09 Å². The summed E-state index contributed by atoms with van der Waals surface area (Å²) in [6.45, 7) is 13.9. The lowest BCUT2D eigenvalue weighted by molar-refractivity contribution is -0.0541. The lowest BCUT2D eigenvalue weighted by Crippen LogP contribution is -2.53. The van der Waals surface area contributed by atoms with Crippen LogP contribution in [0.3, 0.4) is 0 Å². The highest BCUT2D eigenvalue weighted by molar-refractivity contribution is 5.65. The molecule has 4 heteroatoms. The van der Waals surface area contributed by atoms with E-state index in [1.807, 2.05) is 14.1 Å². The van der Waals surface area contributed by atoms with Crippen LogP contribution in [0.2, 0.25) is 0 Å². The minimum atomic E-state index is -0.743. The van der Waals surface area contributed by atoms with Gasteiger partial charge in [0.2, 0.25) is 0 Å². The van der Waals surface area contributed by atoms with Crippen LogP contribution in [0, 0.1) is 46.3 Å². The third kappa shape index (κ3) is 5.27. The zero-order chi connectivity index (χ0) is 26.3. The minimum Gasteiger partial charge on any atom is -0.465 e. The summed E-state index contributed by atoms with van der Waals surface area (Å²) < 4.78 is 0. The van der Waals surface area contributed by atoms with Crippen molar-refractivity contribution in [1.82, 2.24) is 9.80 Å². The maximum Gasteiger partial charge on any atom is 0.407 e. The summed E-state index contributed by atoms with van der Waals surface area (Å²) in [6.07, 6.45) is 16.1. The quantitative estimate of drug-likeness (QED) is 0.327. The maximum atomic E-state index is 12.1. The first-order chi connectivity index (χ1) is 17.0. The molecule has 36 heavy (non-hydrogen) atoms. The number of amides is 1. The van der Waals surface area contributed by atoms with Crippen molar-refractivity contribution in [1.29, 1.82) is 0 Å². The third-order valence-electron chi connectivity index (χ3n) is 11.8. The molecule has 0 aromatic heterocycles. The van der Waals surface area contributed by atoms with E-state index in [4.69, 9.17) is 0 Å². The van der Waals surface area contributed by atoms with Gasteiger partial charge in [0.05, 0.1) is 0 Å². The number of hydrogen-bond acceptors (Lipinski definition) is 2. The van der Waals surface area contributed by atoms with Crippen molar-refractivity contribution in [2.45, 2.75) is 111 Å². The Bertz CT molecular complexity index is 806. The number of carboxylic acid groups (broad SMARTS) is 1. The van der Waals surface area contributed by atoms with Gasteiger partial charge in [-0.3, -0.25) is 0 Å². The van der Waals surface area contributed by atoms with Crippen LogP contribution in [0.25, 0.3) is 0 Å². The Morgan fingerprint density at radius 2 is 1.78 bits per heavy atom. The van der Waals surface area contributed by atoms with Crippen molar-refractivity contribution in [3.8, 4) is 0 Å². The van der Waals surface area contributed by atoms with Gasteiger partial charge in [-0.2, -0.15) is 0 Å². The fraction of sp³-hybridized carbons (Fsp3) is 0.906. The fourth-order valence-electron chi connectivity index (χ4n) is 9.67. The zero-order valence-electron chi connectivity index (χ0n) is 24.6. The van der Waals surface area contributed by atoms with Crippen molar-refractivity contribution in [2.24, 2.45) is 46.3 Å². The molecule has 4 rings (SSSR count). The van der Waals surface area contributed by atoms with Crippen molar-refractivity contribution in [2.75, 3.05) is 27.2 Å². The Labute approximate surface area is 222 Å². The number of hydrogen-bond donors (Lipinski definition) is 1. The normalized spacial score (nSPS) is 38.8. The smallest absolute Gasteiger partial charge is 0.407 e. The van der Waals surface area contributed by atoms with E-state index < -0.39 is 6.09 Å². The predicted molar refractivity (Wildman–Crippen MR) is 150 cm³/mol. The van der Waals surface area contributed by atoms with Crippen LogP contribution in [-0.4, -0.2) is 54.2 Å². The number of fused-ring (bicyclic) bond motifs is 5. The molecule has 0 aromatic rings. The van der Waals surface area contributed by atoms with Crippen LogP contribution in [0.4, 0.5) is 4.79 Å². The Hall–Kier alpha value is -1.03. The standard InChI is InChI=1S/C32H56N2O2/c1-22(2)9-8-10-23(3)27-13-14-28-26-12-11-24-21-25(34(30(35)36)20-19-33(6)7)15-17-31(24,4)29(26)16-18-32(27,28)5/h11,22-23,25-29H,8-10,12-21H2,1-7H3,(H,35,36)/t23-,25?,26?,27-,28?,29?,31+,32-/m1/s1. The molecule has 0 aliphatic heterocycles. The van der Waals surface area contributed by atoms with Gasteiger partial charge in [0.25, 0.3) is 0 Å². The molecule has 0 bridgehead atoms. The largest absolute Gasteiger partial charge is 0.465 e. The average molecular weight is 501 g/mol. The Morgan fingerprint density at radius 3 is 2.44 bits per heavy atom. The van der Waals surface area contributed by atoms with Crippen LogP contribution >= 0.6 is 0 Å². The van der Waals surface area contributed by atoms with Crippen molar-refractivity contribution >= 4 is 6.09 Å². The van der Waals surface area contributed by atoms with E-state index in [1.165, 1.54) is 51.4 Å². The molecule has 1 N–H and O–H groups in total. The van der Waals surface area contributed by atoms with E-state index in [2.05, 4.69) is 45.6 Å². The van der Waals surface area contributed by atoms with Gasteiger partial charge in [-0.25, -0.2) is 4.79 Å². The number of allylic oxidation sites excluding steroid dienone is 1. The van der Waals surface area contributed by atoms with Gasteiger partial charge in [0.15, 0.2) is 0 Å². The van der Waals surface area contributed by atoms with Crippen LogP contribution in [-0.2, 0) is 0 Å². The lowest BCUT2D eigenvalue weighted by atomic mass is 9.46. The molecule has 3 saturated carbocycles. The first-order valence-corrected chi connectivity index (χ1v) is 15.3. The molecule has 3 fully saturated rings. The summed E-state index contributed by atoms with van der Waals surface area (Å²) in [4.78, 5) is 15.9. The molecule has 206 valence electrons. The van der Waals surface area contributed by atoms with Gasteiger partial charge in [-0.05, 0) is 112 Å². The average Bonchev–Trinajstić information content (AvgIpc) is 3.15. The van der Waals surface area contributed by atoms with E-state index in [-0.39, 0.29) is 11.5 Å². The van der Waals surface area contributed by atoms with Crippen molar-refractivity contribution < 1.29 is 9.90 Å². The molecule has 0 heterocycles. The van der Waals surface area contributed by atoms with Crippen LogP contribution < -0.4 is 0 Å². The molecule has 8 atom stereocenters. The van der Waals surface area contributed by atoms with Gasteiger partial charge < -0.3 is 14.9 Å². The van der Waals surface area contributed by atoms with Crippen LogP contribution in [0.1, 0.15) is 105 Å².